The van der Waals surface area contributed by atoms with E-state index < -0.39 is 48.6 Å². The summed E-state index contributed by atoms with van der Waals surface area (Å²) in [6.07, 6.45) is -13.7. The Labute approximate surface area is 142 Å². The molecule has 2 atom stereocenters. The lowest BCUT2D eigenvalue weighted by Crippen LogP contribution is -2.37. The highest BCUT2D eigenvalue weighted by molar-refractivity contribution is 6.05. The molecular formula is C13H12F6N4O3. The Balaban J connectivity index is 2.32. The van der Waals surface area contributed by atoms with Crippen LogP contribution in [0.4, 0.5) is 37.0 Å². The van der Waals surface area contributed by atoms with Crippen LogP contribution in [0.5, 0.6) is 0 Å². The SMILES string of the molecule is CC1OC(=O)NN=C1c1cnc(NCC(O)C(F)(F)F)c(C(F)(F)F)c1. The van der Waals surface area contributed by atoms with Crippen molar-refractivity contribution in [2.75, 3.05) is 11.9 Å². The molecule has 0 bridgehead atoms. The minimum Gasteiger partial charge on any atom is -0.439 e. The van der Waals surface area contributed by atoms with Crippen molar-refractivity contribution in [3.05, 3.63) is 23.4 Å². The normalized spacial score (nSPS) is 19.3. The van der Waals surface area contributed by atoms with Crippen molar-refractivity contribution in [1.82, 2.24) is 10.4 Å². The number of aliphatic hydroxyl groups is 1. The predicted molar refractivity (Wildman–Crippen MR) is 75.4 cm³/mol. The number of pyridine rings is 1. The second kappa shape index (κ2) is 6.97. The molecule has 0 spiro atoms. The lowest BCUT2D eigenvalue weighted by Gasteiger charge is -2.22. The third kappa shape index (κ3) is 4.53. The number of rotatable bonds is 4. The summed E-state index contributed by atoms with van der Waals surface area (Å²) in [4.78, 5) is 14.5. The first-order valence-corrected chi connectivity index (χ1v) is 7.00. The van der Waals surface area contributed by atoms with Gasteiger partial charge in [-0.2, -0.15) is 31.4 Å². The van der Waals surface area contributed by atoms with Crippen LogP contribution in [0.25, 0.3) is 0 Å². The number of aromatic nitrogens is 1. The van der Waals surface area contributed by atoms with E-state index in [1.807, 2.05) is 10.7 Å². The van der Waals surface area contributed by atoms with E-state index in [0.717, 1.165) is 6.20 Å². The zero-order chi connectivity index (χ0) is 19.7. The maximum absolute atomic E-state index is 13.2. The van der Waals surface area contributed by atoms with Gasteiger partial charge in [-0.3, -0.25) is 0 Å². The highest BCUT2D eigenvalue weighted by Crippen LogP contribution is 2.35. The molecule has 0 saturated heterocycles. The van der Waals surface area contributed by atoms with Crippen LogP contribution in [-0.2, 0) is 10.9 Å². The van der Waals surface area contributed by atoms with E-state index in [4.69, 9.17) is 9.84 Å². The number of carbonyl (C=O) groups is 1. The first-order chi connectivity index (χ1) is 11.9. The Bertz CT molecular complexity index is 719. The summed E-state index contributed by atoms with van der Waals surface area (Å²) in [5.74, 6) is -0.890. The molecule has 2 unspecified atom stereocenters. The van der Waals surface area contributed by atoms with Crippen LogP contribution in [-0.4, -0.2) is 46.8 Å². The summed E-state index contributed by atoms with van der Waals surface area (Å²) in [6.45, 7) is 0.159. The minimum atomic E-state index is -4.99. The molecule has 7 nitrogen and oxygen atoms in total. The summed E-state index contributed by atoms with van der Waals surface area (Å²) in [5, 5.41) is 14.3. The maximum Gasteiger partial charge on any atom is 0.428 e. The Kier molecular flexibility index (Phi) is 5.30. The van der Waals surface area contributed by atoms with Gasteiger partial charge in [0.05, 0.1) is 12.1 Å². The van der Waals surface area contributed by atoms with Gasteiger partial charge in [0.25, 0.3) is 0 Å². The van der Waals surface area contributed by atoms with E-state index in [1.54, 1.807) is 0 Å². The lowest BCUT2D eigenvalue weighted by molar-refractivity contribution is -0.198. The largest absolute Gasteiger partial charge is 0.439 e. The summed E-state index contributed by atoms with van der Waals surface area (Å²) < 4.78 is 81.2. The van der Waals surface area contributed by atoms with Crippen LogP contribution in [0.2, 0.25) is 0 Å². The molecule has 2 rings (SSSR count). The number of anilines is 1. The average molecular weight is 386 g/mol. The molecule has 3 N–H and O–H groups in total. The predicted octanol–water partition coefficient (Wildman–Crippen LogP) is 2.27. The van der Waals surface area contributed by atoms with E-state index in [9.17, 15) is 31.1 Å². The molecular weight excluding hydrogens is 374 g/mol. The van der Waals surface area contributed by atoms with Gasteiger partial charge in [-0.05, 0) is 13.0 Å². The highest BCUT2D eigenvalue weighted by Gasteiger charge is 2.40. The fourth-order valence-electron chi connectivity index (χ4n) is 2.01. The van der Waals surface area contributed by atoms with E-state index in [1.165, 1.54) is 6.92 Å². The molecule has 1 aliphatic rings. The van der Waals surface area contributed by atoms with Crippen molar-refractivity contribution in [3.8, 4) is 0 Å². The Morgan fingerprint density at radius 2 is 2.00 bits per heavy atom. The standard InChI is InChI=1S/C13H12F6N4O3/c1-5-9(22-23-11(25)26-5)6-2-7(12(14,15)16)10(20-3-6)21-4-8(24)13(17,18)19/h2-3,5,8,24H,4H2,1H3,(H,20,21)(H,23,25). The van der Waals surface area contributed by atoms with Crippen LogP contribution in [0.15, 0.2) is 17.4 Å². The number of amides is 1. The summed E-state index contributed by atoms with van der Waals surface area (Å²) >= 11 is 0. The monoisotopic (exact) mass is 386 g/mol. The lowest BCUT2D eigenvalue weighted by atomic mass is 10.1. The first kappa shape index (κ1) is 19.8. The number of aliphatic hydroxyl groups excluding tert-OH is 1. The van der Waals surface area contributed by atoms with Crippen LogP contribution < -0.4 is 10.7 Å². The fourth-order valence-corrected chi connectivity index (χ4v) is 2.01. The molecule has 0 fully saturated rings. The number of ether oxygens (including phenoxy) is 1. The minimum absolute atomic E-state index is 0.0514. The van der Waals surface area contributed by atoms with Crippen LogP contribution in [0.3, 0.4) is 0 Å². The fraction of sp³-hybridized carbons (Fsp3) is 0.462. The van der Waals surface area contributed by atoms with Crippen LogP contribution in [0, 0.1) is 0 Å². The Morgan fingerprint density at radius 1 is 1.35 bits per heavy atom. The Hall–Kier alpha value is -2.57. The Morgan fingerprint density at radius 3 is 2.54 bits per heavy atom. The summed E-state index contributed by atoms with van der Waals surface area (Å²) in [6, 6.07) is 0.603. The molecule has 0 aromatic carbocycles. The molecule has 1 aromatic rings. The number of halogens is 6. The zero-order valence-corrected chi connectivity index (χ0v) is 12.9. The van der Waals surface area contributed by atoms with E-state index in [0.29, 0.717) is 6.07 Å². The molecule has 26 heavy (non-hydrogen) atoms. The third-order valence-electron chi connectivity index (χ3n) is 3.27. The van der Waals surface area contributed by atoms with Gasteiger partial charge in [0, 0.05) is 11.8 Å². The second-order valence-electron chi connectivity index (χ2n) is 5.21. The highest BCUT2D eigenvalue weighted by atomic mass is 19.4. The molecule has 13 heteroatoms. The molecule has 1 amide bonds. The molecule has 2 heterocycles. The average Bonchev–Trinajstić information content (AvgIpc) is 2.50. The number of carbonyl (C=O) groups excluding carboxylic acids is 1. The molecule has 144 valence electrons. The number of nitrogens with one attached hydrogen (secondary N) is 2. The number of alkyl halides is 6. The van der Waals surface area contributed by atoms with E-state index >= 15 is 0 Å². The smallest absolute Gasteiger partial charge is 0.428 e. The zero-order valence-electron chi connectivity index (χ0n) is 12.9. The summed E-state index contributed by atoms with van der Waals surface area (Å²) in [7, 11) is 0. The van der Waals surface area contributed by atoms with Gasteiger partial charge in [0.2, 0.25) is 0 Å². The van der Waals surface area contributed by atoms with Gasteiger partial charge >= 0.3 is 18.4 Å². The number of hydrazone groups is 1. The molecule has 1 aliphatic heterocycles. The molecule has 1 aromatic heterocycles. The summed E-state index contributed by atoms with van der Waals surface area (Å²) in [5.41, 5.74) is 0.372. The van der Waals surface area contributed by atoms with Crippen LogP contribution in [0.1, 0.15) is 18.1 Å². The number of hydrogen-bond donors (Lipinski definition) is 3. The molecule has 0 radical (unpaired) electrons. The first-order valence-electron chi connectivity index (χ1n) is 7.00. The van der Waals surface area contributed by atoms with Gasteiger partial charge in [0.1, 0.15) is 17.6 Å². The maximum atomic E-state index is 13.2. The van der Waals surface area contributed by atoms with Crippen LogP contribution >= 0.6 is 0 Å². The number of hydrogen-bond acceptors (Lipinski definition) is 6. The van der Waals surface area contributed by atoms with E-state index in [2.05, 4.69) is 10.1 Å². The number of nitrogens with zero attached hydrogens (tertiary/aromatic N) is 2. The van der Waals surface area contributed by atoms with Gasteiger partial charge in [-0.15, -0.1) is 0 Å². The van der Waals surface area contributed by atoms with Crippen molar-refractivity contribution < 1.29 is 41.0 Å². The van der Waals surface area contributed by atoms with Crippen molar-refractivity contribution in [2.24, 2.45) is 5.10 Å². The van der Waals surface area contributed by atoms with Crippen molar-refractivity contribution >= 4 is 17.6 Å². The van der Waals surface area contributed by atoms with Gasteiger partial charge < -0.3 is 15.2 Å². The van der Waals surface area contributed by atoms with Gasteiger partial charge in [-0.1, -0.05) is 0 Å². The van der Waals surface area contributed by atoms with Gasteiger partial charge in [0.15, 0.2) is 6.10 Å². The third-order valence-corrected chi connectivity index (χ3v) is 3.27. The van der Waals surface area contributed by atoms with Crippen molar-refractivity contribution in [1.29, 1.82) is 0 Å². The quantitative estimate of drug-likeness (QED) is 0.690. The topological polar surface area (TPSA) is 95.8 Å². The number of cyclic esters (lactones) is 1. The second-order valence-corrected chi connectivity index (χ2v) is 5.21. The van der Waals surface area contributed by atoms with Crippen molar-refractivity contribution in [2.45, 2.75) is 31.5 Å². The van der Waals surface area contributed by atoms with Gasteiger partial charge in [-0.25, -0.2) is 15.2 Å². The van der Waals surface area contributed by atoms with Crippen molar-refractivity contribution in [3.63, 3.8) is 0 Å². The van der Waals surface area contributed by atoms with E-state index in [-0.39, 0.29) is 11.3 Å². The molecule has 0 saturated carbocycles. The molecule has 0 aliphatic carbocycles.